The van der Waals surface area contributed by atoms with Crippen LogP contribution in [0, 0.1) is 16.7 Å². The van der Waals surface area contributed by atoms with Gasteiger partial charge in [0.05, 0.1) is 23.2 Å². The Morgan fingerprint density at radius 2 is 2.00 bits per heavy atom. The first-order valence-corrected chi connectivity index (χ1v) is 12.1. The van der Waals surface area contributed by atoms with Gasteiger partial charge in [-0.05, 0) is 64.0 Å². The molecule has 0 radical (unpaired) electrons. The van der Waals surface area contributed by atoms with E-state index in [0.29, 0.717) is 24.2 Å². The maximum atomic E-state index is 9.55. The third-order valence-corrected chi connectivity index (χ3v) is 7.82. The molecule has 3 aliphatic heterocycles. The topological polar surface area (TPSA) is 101 Å². The molecular weight excluding hydrogens is 400 g/mol. The molecule has 5 atom stereocenters. The van der Waals surface area contributed by atoms with Gasteiger partial charge in [-0.25, -0.2) is 10.4 Å². The molecule has 5 heterocycles. The van der Waals surface area contributed by atoms with E-state index in [1.165, 1.54) is 12.8 Å². The lowest BCUT2D eigenvalue weighted by Gasteiger charge is -2.40. The van der Waals surface area contributed by atoms with Crippen molar-refractivity contribution in [3.05, 3.63) is 24.4 Å². The van der Waals surface area contributed by atoms with Crippen LogP contribution in [0.3, 0.4) is 0 Å². The van der Waals surface area contributed by atoms with Crippen LogP contribution in [0.5, 0.6) is 0 Å². The smallest absolute Gasteiger partial charge is 0.138 e. The van der Waals surface area contributed by atoms with Crippen LogP contribution >= 0.6 is 0 Å². The highest BCUT2D eigenvalue weighted by atomic mass is 15.5. The number of pyridine rings is 2. The van der Waals surface area contributed by atoms with Gasteiger partial charge in [-0.1, -0.05) is 0 Å². The normalized spacial score (nSPS) is 33.2. The Balaban J connectivity index is 1.20. The number of hydrogen-bond donors (Lipinski definition) is 4. The van der Waals surface area contributed by atoms with E-state index in [2.05, 4.69) is 50.4 Å². The van der Waals surface area contributed by atoms with Crippen LogP contribution in [0.25, 0.3) is 10.9 Å². The number of hydrazine groups is 1. The van der Waals surface area contributed by atoms with Crippen LogP contribution in [-0.4, -0.2) is 51.7 Å². The summed E-state index contributed by atoms with van der Waals surface area (Å²) < 4.78 is 0. The zero-order valence-corrected chi connectivity index (χ0v) is 18.6. The van der Waals surface area contributed by atoms with E-state index in [9.17, 15) is 5.26 Å². The summed E-state index contributed by atoms with van der Waals surface area (Å²) in [5.74, 6) is 1.77. The first-order valence-electron chi connectivity index (χ1n) is 12.1. The highest BCUT2D eigenvalue weighted by Gasteiger charge is 2.50. The van der Waals surface area contributed by atoms with Crippen molar-refractivity contribution >= 4 is 22.5 Å². The minimum atomic E-state index is -0.0504. The van der Waals surface area contributed by atoms with Gasteiger partial charge in [0.25, 0.3) is 0 Å². The highest BCUT2D eigenvalue weighted by molar-refractivity contribution is 5.91. The van der Waals surface area contributed by atoms with E-state index in [4.69, 9.17) is 4.98 Å². The van der Waals surface area contributed by atoms with E-state index in [1.807, 2.05) is 18.3 Å². The lowest BCUT2D eigenvalue weighted by atomic mass is 9.95. The molecule has 4 fully saturated rings. The minimum absolute atomic E-state index is 0.0504. The fourth-order valence-corrected chi connectivity index (χ4v) is 5.90. The van der Waals surface area contributed by atoms with Crippen molar-refractivity contribution in [1.29, 1.82) is 5.26 Å². The van der Waals surface area contributed by atoms with Crippen LogP contribution in [-0.2, 0) is 0 Å². The summed E-state index contributed by atoms with van der Waals surface area (Å²) in [4.78, 5) is 12.2. The van der Waals surface area contributed by atoms with Crippen LogP contribution < -0.4 is 21.5 Å². The van der Waals surface area contributed by atoms with Crippen LogP contribution in [0.15, 0.2) is 24.4 Å². The number of nitrogens with one attached hydrogen (secondary N) is 4. The van der Waals surface area contributed by atoms with E-state index in [1.54, 1.807) is 0 Å². The summed E-state index contributed by atoms with van der Waals surface area (Å²) in [5.41, 5.74) is 7.45. The van der Waals surface area contributed by atoms with Gasteiger partial charge >= 0.3 is 0 Å². The summed E-state index contributed by atoms with van der Waals surface area (Å²) in [5, 5.41) is 17.9. The van der Waals surface area contributed by atoms with Crippen LogP contribution in [0.2, 0.25) is 0 Å². The van der Waals surface area contributed by atoms with Crippen molar-refractivity contribution in [1.82, 2.24) is 25.7 Å². The maximum absolute atomic E-state index is 9.55. The van der Waals surface area contributed by atoms with Crippen molar-refractivity contribution in [2.75, 3.05) is 17.2 Å². The zero-order chi connectivity index (χ0) is 21.7. The lowest BCUT2D eigenvalue weighted by Crippen LogP contribution is -2.48. The second-order valence-electron chi connectivity index (χ2n) is 10.3. The van der Waals surface area contributed by atoms with Crippen molar-refractivity contribution in [3.8, 4) is 6.07 Å². The molecule has 0 amide bonds. The van der Waals surface area contributed by atoms with Crippen LogP contribution in [0.4, 0.5) is 11.6 Å². The SMILES string of the molecule is CC1CC(Nc2cc3ncccc3c(NC3C[C@H]4CC[C@@H](C3)N4CC3(C#N)CC3)n2)NN1. The van der Waals surface area contributed by atoms with Gasteiger partial charge in [-0.3, -0.25) is 15.3 Å². The molecule has 8 heteroatoms. The number of piperidine rings is 1. The fraction of sp³-hybridized carbons (Fsp3) is 0.625. The Morgan fingerprint density at radius 3 is 2.69 bits per heavy atom. The van der Waals surface area contributed by atoms with Crippen molar-refractivity contribution in [2.24, 2.45) is 5.41 Å². The van der Waals surface area contributed by atoms with Gasteiger partial charge in [-0.15, -0.1) is 0 Å². The second kappa shape index (κ2) is 7.84. The molecule has 4 N–H and O–H groups in total. The highest BCUT2D eigenvalue weighted by Crippen LogP contribution is 2.49. The molecule has 3 unspecified atom stereocenters. The number of nitriles is 1. The van der Waals surface area contributed by atoms with E-state index in [-0.39, 0.29) is 11.6 Å². The predicted octanol–water partition coefficient (Wildman–Crippen LogP) is 2.97. The van der Waals surface area contributed by atoms with Crippen molar-refractivity contribution in [2.45, 2.75) is 82.2 Å². The number of rotatable bonds is 6. The maximum Gasteiger partial charge on any atom is 0.138 e. The standard InChI is InChI=1S/C24H32N8/c1-15-9-22(31-30-15)28-21-12-20-19(3-2-8-26-20)23(29-21)27-16-10-17-4-5-18(11-16)32(17)14-24(13-25)6-7-24/h2-3,8,12,15-18,22,30-31H,4-7,9-11,14H2,1H3,(H2,27,28,29)/t15?,16?,17-,18+,22?. The number of nitrogens with zero attached hydrogens (tertiary/aromatic N) is 4. The Kier molecular flexibility index (Phi) is 4.94. The molecule has 1 saturated carbocycles. The van der Waals surface area contributed by atoms with Gasteiger partial charge in [-0.2, -0.15) is 5.26 Å². The summed E-state index contributed by atoms with van der Waals surface area (Å²) in [6.45, 7) is 3.14. The number of anilines is 2. The molecule has 3 saturated heterocycles. The first kappa shape index (κ1) is 20.2. The van der Waals surface area contributed by atoms with Gasteiger partial charge in [0.1, 0.15) is 11.6 Å². The molecule has 0 aromatic carbocycles. The molecule has 8 nitrogen and oxygen atoms in total. The number of aromatic nitrogens is 2. The van der Waals surface area contributed by atoms with Crippen LogP contribution in [0.1, 0.15) is 51.9 Å². The summed E-state index contributed by atoms with van der Waals surface area (Å²) in [7, 11) is 0. The molecular formula is C24H32N8. The number of fused-ring (bicyclic) bond motifs is 3. The molecule has 2 aromatic rings. The van der Waals surface area contributed by atoms with Crippen molar-refractivity contribution < 1.29 is 0 Å². The third kappa shape index (κ3) is 3.79. The second-order valence-corrected chi connectivity index (χ2v) is 10.3. The Labute approximate surface area is 189 Å². The molecule has 32 heavy (non-hydrogen) atoms. The van der Waals surface area contributed by atoms with Gasteiger partial charge < -0.3 is 10.6 Å². The van der Waals surface area contributed by atoms with Gasteiger partial charge in [0.15, 0.2) is 0 Å². The summed E-state index contributed by atoms with van der Waals surface area (Å²) in [6, 6.07) is 10.7. The minimum Gasteiger partial charge on any atom is -0.367 e. The lowest BCUT2D eigenvalue weighted by molar-refractivity contribution is 0.116. The molecule has 2 aromatic heterocycles. The largest absolute Gasteiger partial charge is 0.367 e. The molecule has 4 aliphatic rings. The van der Waals surface area contributed by atoms with E-state index >= 15 is 0 Å². The molecule has 1 aliphatic carbocycles. The average Bonchev–Trinajstić information content (AvgIpc) is 3.40. The average molecular weight is 433 g/mol. The number of hydrogen-bond acceptors (Lipinski definition) is 8. The Morgan fingerprint density at radius 1 is 1.19 bits per heavy atom. The van der Waals surface area contributed by atoms with Gasteiger partial charge in [0, 0.05) is 48.4 Å². The molecule has 0 spiro atoms. The third-order valence-electron chi connectivity index (χ3n) is 7.82. The fourth-order valence-electron chi connectivity index (χ4n) is 5.90. The Hall–Kier alpha value is -2.47. The summed E-state index contributed by atoms with van der Waals surface area (Å²) in [6.07, 6.45) is 9.88. The monoisotopic (exact) mass is 432 g/mol. The quantitative estimate of drug-likeness (QED) is 0.553. The van der Waals surface area contributed by atoms with E-state index in [0.717, 1.165) is 61.2 Å². The summed E-state index contributed by atoms with van der Waals surface area (Å²) >= 11 is 0. The molecule has 2 bridgehead atoms. The molecule has 168 valence electrons. The zero-order valence-electron chi connectivity index (χ0n) is 18.6. The van der Waals surface area contributed by atoms with Gasteiger partial charge in [0.2, 0.25) is 0 Å². The first-order chi connectivity index (χ1) is 15.6. The molecule has 6 rings (SSSR count). The van der Waals surface area contributed by atoms with E-state index < -0.39 is 0 Å². The van der Waals surface area contributed by atoms with Crippen molar-refractivity contribution in [3.63, 3.8) is 0 Å². The Bertz CT molecular complexity index is 1030. The predicted molar refractivity (Wildman–Crippen MR) is 125 cm³/mol.